The standard InChI is InChI=1S/C18H21N3O2/c1-20-10-11-21(16(13-20)14-6-4-3-5-7-14)18(22)15-8-9-17(23-2)19-12-15/h3-9,12,16H,10-11,13H2,1-2H3/t16-/m1/s1. The summed E-state index contributed by atoms with van der Waals surface area (Å²) in [5.41, 5.74) is 1.75. The lowest BCUT2D eigenvalue weighted by molar-refractivity contribution is 0.0497. The number of carbonyl (C=O) groups is 1. The molecule has 0 N–H and O–H groups in total. The summed E-state index contributed by atoms with van der Waals surface area (Å²) in [5.74, 6) is 0.529. The molecule has 1 atom stereocenters. The van der Waals surface area contributed by atoms with Crippen molar-refractivity contribution in [2.45, 2.75) is 6.04 Å². The molecule has 5 heteroatoms. The third-order valence-corrected chi connectivity index (χ3v) is 4.22. The predicted molar refractivity (Wildman–Crippen MR) is 88.5 cm³/mol. The fourth-order valence-corrected chi connectivity index (χ4v) is 2.92. The summed E-state index contributed by atoms with van der Waals surface area (Å²) < 4.78 is 5.06. The number of carbonyl (C=O) groups excluding carboxylic acids is 1. The van der Waals surface area contributed by atoms with Gasteiger partial charge in [-0.25, -0.2) is 4.98 Å². The molecule has 0 spiro atoms. The van der Waals surface area contributed by atoms with Crippen LogP contribution in [-0.2, 0) is 0 Å². The number of piperazine rings is 1. The van der Waals surface area contributed by atoms with Gasteiger partial charge < -0.3 is 14.5 Å². The second-order valence-electron chi connectivity index (χ2n) is 5.78. The molecule has 0 bridgehead atoms. The SMILES string of the molecule is COc1ccc(C(=O)N2CCN(C)C[C@@H]2c2ccccc2)cn1. The molecule has 1 aliphatic heterocycles. The van der Waals surface area contributed by atoms with Gasteiger partial charge in [-0.3, -0.25) is 4.79 Å². The Morgan fingerprint density at radius 3 is 2.61 bits per heavy atom. The first-order chi connectivity index (χ1) is 11.2. The Kier molecular flexibility index (Phi) is 4.57. The lowest BCUT2D eigenvalue weighted by atomic mass is 10.0. The Morgan fingerprint density at radius 1 is 1.17 bits per heavy atom. The van der Waals surface area contributed by atoms with Crippen molar-refractivity contribution in [3.8, 4) is 5.88 Å². The Labute approximate surface area is 136 Å². The number of amides is 1. The highest BCUT2D eigenvalue weighted by Gasteiger charge is 2.30. The van der Waals surface area contributed by atoms with Crippen molar-refractivity contribution in [1.29, 1.82) is 0 Å². The summed E-state index contributed by atoms with van der Waals surface area (Å²) in [6.45, 7) is 2.42. The van der Waals surface area contributed by atoms with E-state index in [9.17, 15) is 4.79 Å². The molecule has 1 aromatic carbocycles. The van der Waals surface area contributed by atoms with Crippen LogP contribution in [-0.4, -0.2) is 54.5 Å². The molecule has 1 aromatic heterocycles. The molecule has 5 nitrogen and oxygen atoms in total. The number of hydrogen-bond donors (Lipinski definition) is 0. The topological polar surface area (TPSA) is 45.7 Å². The van der Waals surface area contributed by atoms with E-state index in [-0.39, 0.29) is 11.9 Å². The number of rotatable bonds is 3. The van der Waals surface area contributed by atoms with E-state index in [1.54, 1.807) is 25.4 Å². The van der Waals surface area contributed by atoms with Crippen LogP contribution in [0.4, 0.5) is 0 Å². The highest BCUT2D eigenvalue weighted by Crippen LogP contribution is 2.26. The molecule has 1 saturated heterocycles. The van der Waals surface area contributed by atoms with Crippen LogP contribution in [0, 0.1) is 0 Å². The monoisotopic (exact) mass is 311 g/mol. The zero-order chi connectivity index (χ0) is 16.2. The number of nitrogens with zero attached hydrogens (tertiary/aromatic N) is 3. The van der Waals surface area contributed by atoms with Gasteiger partial charge >= 0.3 is 0 Å². The number of likely N-dealkylation sites (N-methyl/N-ethyl adjacent to an activating group) is 1. The van der Waals surface area contributed by atoms with Crippen molar-refractivity contribution < 1.29 is 9.53 Å². The van der Waals surface area contributed by atoms with Crippen LogP contribution in [0.15, 0.2) is 48.7 Å². The maximum absolute atomic E-state index is 12.9. The largest absolute Gasteiger partial charge is 0.481 e. The molecule has 2 aromatic rings. The third-order valence-electron chi connectivity index (χ3n) is 4.22. The average Bonchev–Trinajstić information content (AvgIpc) is 2.62. The second kappa shape index (κ2) is 6.79. The van der Waals surface area contributed by atoms with Gasteiger partial charge in [0.1, 0.15) is 0 Å². The van der Waals surface area contributed by atoms with Crippen molar-refractivity contribution >= 4 is 5.91 Å². The first-order valence-corrected chi connectivity index (χ1v) is 7.73. The molecule has 3 rings (SSSR count). The number of hydrogen-bond acceptors (Lipinski definition) is 4. The highest BCUT2D eigenvalue weighted by atomic mass is 16.5. The van der Waals surface area contributed by atoms with Crippen LogP contribution in [0.1, 0.15) is 22.0 Å². The number of benzene rings is 1. The normalized spacial score (nSPS) is 18.7. The van der Waals surface area contributed by atoms with Gasteiger partial charge in [0.25, 0.3) is 5.91 Å². The molecule has 120 valence electrons. The van der Waals surface area contributed by atoms with Gasteiger partial charge in [-0.15, -0.1) is 0 Å². The van der Waals surface area contributed by atoms with E-state index in [0.29, 0.717) is 18.0 Å². The summed E-state index contributed by atoms with van der Waals surface area (Å²) in [6, 6.07) is 13.7. The third kappa shape index (κ3) is 3.35. The van der Waals surface area contributed by atoms with E-state index in [1.165, 1.54) is 0 Å². The molecule has 1 fully saturated rings. The zero-order valence-corrected chi connectivity index (χ0v) is 13.5. The molecule has 23 heavy (non-hydrogen) atoms. The van der Waals surface area contributed by atoms with Crippen LogP contribution in [0.25, 0.3) is 0 Å². The van der Waals surface area contributed by atoms with Crippen LogP contribution in [0.2, 0.25) is 0 Å². The van der Waals surface area contributed by atoms with Gasteiger partial charge in [-0.2, -0.15) is 0 Å². The Hall–Kier alpha value is -2.40. The molecule has 0 aliphatic carbocycles. The summed E-state index contributed by atoms with van der Waals surface area (Å²) in [7, 11) is 3.66. The van der Waals surface area contributed by atoms with Gasteiger partial charge in [-0.05, 0) is 18.7 Å². The summed E-state index contributed by atoms with van der Waals surface area (Å²) in [4.78, 5) is 21.3. The molecule has 0 saturated carbocycles. The van der Waals surface area contributed by atoms with Crippen molar-refractivity contribution in [2.75, 3.05) is 33.8 Å². The smallest absolute Gasteiger partial charge is 0.256 e. The maximum Gasteiger partial charge on any atom is 0.256 e. The van der Waals surface area contributed by atoms with Gasteiger partial charge in [0.2, 0.25) is 5.88 Å². The molecule has 1 amide bonds. The van der Waals surface area contributed by atoms with E-state index in [1.807, 2.05) is 23.1 Å². The molecular formula is C18H21N3O2. The first-order valence-electron chi connectivity index (χ1n) is 7.73. The fourth-order valence-electron chi connectivity index (χ4n) is 2.92. The summed E-state index contributed by atoms with van der Waals surface area (Å²) >= 11 is 0. The fraction of sp³-hybridized carbons (Fsp3) is 0.333. The molecule has 2 heterocycles. The van der Waals surface area contributed by atoms with E-state index < -0.39 is 0 Å². The second-order valence-corrected chi connectivity index (χ2v) is 5.78. The number of methoxy groups -OCH3 is 1. The number of aromatic nitrogens is 1. The van der Waals surface area contributed by atoms with E-state index in [2.05, 4.69) is 29.1 Å². The highest BCUT2D eigenvalue weighted by molar-refractivity contribution is 5.94. The summed E-state index contributed by atoms with van der Waals surface area (Å²) in [6.07, 6.45) is 1.58. The van der Waals surface area contributed by atoms with Gasteiger partial charge in [-0.1, -0.05) is 30.3 Å². The van der Waals surface area contributed by atoms with Crippen LogP contribution in [0.3, 0.4) is 0 Å². The van der Waals surface area contributed by atoms with Crippen molar-refractivity contribution in [3.63, 3.8) is 0 Å². The number of pyridine rings is 1. The van der Waals surface area contributed by atoms with Crippen LogP contribution < -0.4 is 4.74 Å². The molecule has 1 aliphatic rings. The molecule has 0 unspecified atom stereocenters. The summed E-state index contributed by atoms with van der Waals surface area (Å²) in [5, 5.41) is 0. The lowest BCUT2D eigenvalue weighted by Gasteiger charge is -2.40. The number of ether oxygens (including phenoxy) is 1. The van der Waals surface area contributed by atoms with Crippen molar-refractivity contribution in [1.82, 2.24) is 14.8 Å². The van der Waals surface area contributed by atoms with Crippen molar-refractivity contribution in [2.24, 2.45) is 0 Å². The first kappa shape index (κ1) is 15.5. The van der Waals surface area contributed by atoms with Crippen molar-refractivity contribution in [3.05, 3.63) is 59.8 Å². The Morgan fingerprint density at radius 2 is 1.96 bits per heavy atom. The minimum atomic E-state index is 0.0158. The molecule has 0 radical (unpaired) electrons. The van der Waals surface area contributed by atoms with Gasteiger partial charge in [0.05, 0.1) is 18.7 Å². The van der Waals surface area contributed by atoms with E-state index >= 15 is 0 Å². The maximum atomic E-state index is 12.9. The quantitative estimate of drug-likeness (QED) is 0.872. The van der Waals surface area contributed by atoms with Gasteiger partial charge in [0, 0.05) is 31.9 Å². The Bertz CT molecular complexity index is 658. The van der Waals surface area contributed by atoms with Crippen LogP contribution in [0.5, 0.6) is 5.88 Å². The predicted octanol–water partition coefficient (Wildman–Crippen LogP) is 2.22. The van der Waals surface area contributed by atoms with Crippen LogP contribution >= 0.6 is 0 Å². The van der Waals surface area contributed by atoms with E-state index in [4.69, 9.17) is 4.74 Å². The van der Waals surface area contributed by atoms with Gasteiger partial charge in [0.15, 0.2) is 0 Å². The minimum Gasteiger partial charge on any atom is -0.481 e. The Balaban J connectivity index is 1.86. The van der Waals surface area contributed by atoms with E-state index in [0.717, 1.165) is 18.7 Å². The minimum absolute atomic E-state index is 0.0158. The average molecular weight is 311 g/mol. The lowest BCUT2D eigenvalue weighted by Crippen LogP contribution is -2.49. The zero-order valence-electron chi connectivity index (χ0n) is 13.5. The molecular weight excluding hydrogens is 290 g/mol.